The van der Waals surface area contributed by atoms with Crippen LogP contribution >= 0.6 is 0 Å². The van der Waals surface area contributed by atoms with Gasteiger partial charge in [0.05, 0.1) is 26.4 Å². The highest BCUT2D eigenvalue weighted by atomic mass is 16.7. The summed E-state index contributed by atoms with van der Waals surface area (Å²) in [5, 5.41) is 72.3. The average Bonchev–Trinajstić information content (AvgIpc) is 3.37. The molecule has 0 aromatic rings. The zero-order valence-corrected chi connectivity index (χ0v) is 45.2. The Morgan fingerprint density at radius 2 is 0.746 bits per heavy atom. The fourth-order valence-corrected chi connectivity index (χ4v) is 9.82. The van der Waals surface area contributed by atoms with E-state index in [1.807, 2.05) is 0 Å². The van der Waals surface area contributed by atoms with Crippen LogP contribution in [0.25, 0.3) is 0 Å². The van der Waals surface area contributed by atoms with Crippen LogP contribution in [0, 0.1) is 0 Å². The summed E-state index contributed by atoms with van der Waals surface area (Å²) in [5.74, 6) is -0.367. The van der Waals surface area contributed by atoms with E-state index in [0.29, 0.717) is 6.61 Å². The molecule has 14 nitrogen and oxygen atoms in total. The van der Waals surface area contributed by atoms with Gasteiger partial charge in [-0.25, -0.2) is 0 Å². The minimum absolute atomic E-state index is 0.0710. The molecule has 0 amide bonds. The Kier molecular flexibility index (Phi) is 42.1. The van der Waals surface area contributed by atoms with Crippen LogP contribution in [0.2, 0.25) is 0 Å². The van der Waals surface area contributed by atoms with Crippen molar-refractivity contribution in [3.8, 4) is 0 Å². The van der Waals surface area contributed by atoms with Gasteiger partial charge in [-0.1, -0.05) is 239 Å². The van der Waals surface area contributed by atoms with E-state index in [-0.39, 0.29) is 25.6 Å². The number of rotatable bonds is 49. The normalized spacial score (nSPS) is 25.2. The molecule has 0 bridgehead atoms. The topological polar surface area (TPSA) is 214 Å². The molecule has 0 aromatic heterocycles. The summed E-state index contributed by atoms with van der Waals surface area (Å²) < 4.78 is 34.4. The first-order valence-electron chi connectivity index (χ1n) is 29.6. The molecule has 2 rings (SSSR count). The molecule has 422 valence electrons. The predicted molar refractivity (Wildman–Crippen MR) is 280 cm³/mol. The van der Waals surface area contributed by atoms with Gasteiger partial charge in [0.25, 0.3) is 0 Å². The van der Waals surface area contributed by atoms with Crippen LogP contribution in [-0.4, -0.2) is 142 Å². The van der Waals surface area contributed by atoms with Gasteiger partial charge in [-0.3, -0.25) is 4.79 Å². The summed E-state index contributed by atoms with van der Waals surface area (Å²) >= 11 is 0. The lowest BCUT2D eigenvalue weighted by molar-refractivity contribution is -0.332. The maximum absolute atomic E-state index is 13.1. The molecule has 11 unspecified atom stereocenters. The lowest BCUT2D eigenvalue weighted by Crippen LogP contribution is -2.61. The van der Waals surface area contributed by atoms with Crippen LogP contribution in [0.3, 0.4) is 0 Å². The van der Waals surface area contributed by atoms with Crippen molar-refractivity contribution < 1.29 is 69.0 Å². The zero-order valence-electron chi connectivity index (χ0n) is 45.2. The Hall–Kier alpha value is -1.01. The highest BCUT2D eigenvalue weighted by Gasteiger charge is 2.47. The van der Waals surface area contributed by atoms with Crippen molar-refractivity contribution in [2.45, 2.75) is 325 Å². The maximum Gasteiger partial charge on any atom is 0.306 e. The number of carbonyl (C=O) groups excluding carboxylic acids is 1. The second-order valence-electron chi connectivity index (χ2n) is 21.2. The molecule has 0 radical (unpaired) electrons. The average molecular weight is 1020 g/mol. The van der Waals surface area contributed by atoms with E-state index in [0.717, 1.165) is 44.9 Å². The molecule has 2 aliphatic heterocycles. The van der Waals surface area contributed by atoms with E-state index in [1.165, 1.54) is 193 Å². The molecule has 14 heteroatoms. The van der Waals surface area contributed by atoms with E-state index >= 15 is 0 Å². The minimum Gasteiger partial charge on any atom is -0.457 e. The van der Waals surface area contributed by atoms with Gasteiger partial charge >= 0.3 is 5.97 Å². The summed E-state index contributed by atoms with van der Waals surface area (Å²) in [4.78, 5) is 13.1. The van der Waals surface area contributed by atoms with Crippen LogP contribution in [0.15, 0.2) is 0 Å². The van der Waals surface area contributed by atoms with Gasteiger partial charge in [0.2, 0.25) is 0 Å². The van der Waals surface area contributed by atoms with Crippen molar-refractivity contribution in [3.05, 3.63) is 0 Å². The third kappa shape index (κ3) is 32.2. The number of aliphatic hydroxyl groups is 7. The lowest BCUT2D eigenvalue weighted by Gasteiger charge is -2.42. The Morgan fingerprint density at radius 3 is 1.14 bits per heavy atom. The predicted octanol–water partition coefficient (Wildman–Crippen LogP) is 10.4. The number of unbranched alkanes of at least 4 members (excludes halogenated alkanes) is 35. The van der Waals surface area contributed by atoms with Crippen LogP contribution < -0.4 is 0 Å². The van der Waals surface area contributed by atoms with Crippen molar-refractivity contribution in [2.75, 3.05) is 33.0 Å². The smallest absolute Gasteiger partial charge is 0.306 e. The molecule has 2 fully saturated rings. The van der Waals surface area contributed by atoms with Crippen molar-refractivity contribution in [3.63, 3.8) is 0 Å². The summed E-state index contributed by atoms with van der Waals surface area (Å²) in [5.41, 5.74) is 0. The summed E-state index contributed by atoms with van der Waals surface area (Å²) in [7, 11) is 0. The van der Waals surface area contributed by atoms with Crippen LogP contribution in [0.4, 0.5) is 0 Å². The molecule has 2 aliphatic rings. The van der Waals surface area contributed by atoms with Crippen LogP contribution in [0.1, 0.15) is 258 Å². The van der Waals surface area contributed by atoms with Gasteiger partial charge in [-0.05, 0) is 12.8 Å². The van der Waals surface area contributed by atoms with Crippen molar-refractivity contribution in [1.29, 1.82) is 0 Å². The molecule has 0 saturated carbocycles. The van der Waals surface area contributed by atoms with Gasteiger partial charge in [-0.15, -0.1) is 0 Å². The van der Waals surface area contributed by atoms with Gasteiger partial charge in [-0.2, -0.15) is 0 Å². The van der Waals surface area contributed by atoms with Crippen LogP contribution in [0.5, 0.6) is 0 Å². The molecule has 0 aromatic carbocycles. The second-order valence-corrected chi connectivity index (χ2v) is 21.2. The highest BCUT2D eigenvalue weighted by Crippen LogP contribution is 2.27. The Bertz CT molecular complexity index is 1180. The molecule has 0 spiro atoms. The van der Waals surface area contributed by atoms with E-state index in [9.17, 15) is 40.5 Å². The molecule has 71 heavy (non-hydrogen) atoms. The Labute approximate surface area is 432 Å². The van der Waals surface area contributed by atoms with Gasteiger partial charge in [0.15, 0.2) is 12.6 Å². The molecule has 7 N–H and O–H groups in total. The number of carbonyl (C=O) groups is 1. The van der Waals surface area contributed by atoms with Crippen molar-refractivity contribution >= 4 is 5.97 Å². The fraction of sp³-hybridized carbons (Fsp3) is 0.982. The van der Waals surface area contributed by atoms with Crippen molar-refractivity contribution in [1.82, 2.24) is 0 Å². The number of ether oxygens (including phenoxy) is 6. The number of hydrogen-bond donors (Lipinski definition) is 7. The summed E-state index contributed by atoms with van der Waals surface area (Å²) in [6, 6.07) is 0. The van der Waals surface area contributed by atoms with E-state index in [2.05, 4.69) is 13.8 Å². The SMILES string of the molecule is CCCCCCCCCCCCCCCCCCCCCCOCC(COC1OC(COC2OC(CO)C(O)C(O)C2O)C(O)C(O)C1O)OC(=O)CCCCCCCCCCCCCCCCCCC. The maximum atomic E-state index is 13.1. The largest absolute Gasteiger partial charge is 0.457 e. The highest BCUT2D eigenvalue weighted by molar-refractivity contribution is 5.69. The zero-order chi connectivity index (χ0) is 51.6. The number of aliphatic hydroxyl groups excluding tert-OH is 7. The van der Waals surface area contributed by atoms with E-state index < -0.39 is 80.7 Å². The van der Waals surface area contributed by atoms with Gasteiger partial charge < -0.3 is 64.2 Å². The van der Waals surface area contributed by atoms with E-state index in [1.54, 1.807) is 0 Å². The molecule has 2 heterocycles. The molecule has 11 atom stereocenters. The molecule has 0 aliphatic carbocycles. The quantitative estimate of drug-likeness (QED) is 0.0223. The summed E-state index contributed by atoms with van der Waals surface area (Å²) in [6.45, 7) is 3.77. The lowest BCUT2D eigenvalue weighted by atomic mass is 9.98. The fourth-order valence-electron chi connectivity index (χ4n) is 9.82. The third-order valence-electron chi connectivity index (χ3n) is 14.6. The van der Waals surface area contributed by atoms with Crippen LogP contribution in [-0.2, 0) is 33.2 Å². The second kappa shape index (κ2) is 45.2. The first kappa shape index (κ1) is 66.1. The first-order valence-corrected chi connectivity index (χ1v) is 29.6. The summed E-state index contributed by atoms with van der Waals surface area (Å²) in [6.07, 6.45) is 31.6. The standard InChI is InChI=1S/C57H110O14/c1-3-5-7-9-11-13-15-17-19-21-22-23-25-27-29-31-33-35-37-39-41-66-43-46(69-49(59)40-38-36-34-32-30-28-26-24-20-18-16-14-12-10-8-6-4-2)44-67-56-55(65)53(63)51(61)48(71-56)45-68-57-54(64)52(62)50(60)47(42-58)70-57/h46-48,50-58,60-65H,3-45H2,1-2H3. The Balaban J connectivity index is 1.70. The van der Waals surface area contributed by atoms with E-state index in [4.69, 9.17) is 28.4 Å². The Morgan fingerprint density at radius 1 is 0.408 bits per heavy atom. The molecular formula is C57H110O14. The number of hydrogen-bond acceptors (Lipinski definition) is 14. The van der Waals surface area contributed by atoms with Gasteiger partial charge in [0.1, 0.15) is 54.9 Å². The monoisotopic (exact) mass is 1020 g/mol. The molecular weight excluding hydrogens is 909 g/mol. The van der Waals surface area contributed by atoms with Gasteiger partial charge in [0, 0.05) is 13.0 Å². The van der Waals surface area contributed by atoms with Crippen molar-refractivity contribution in [2.24, 2.45) is 0 Å². The minimum atomic E-state index is -1.70. The molecule has 2 saturated heterocycles. The third-order valence-corrected chi connectivity index (χ3v) is 14.6. The first-order chi connectivity index (χ1) is 34.6. The number of esters is 1.